The molecule has 184 valence electrons. The number of carbonyl (C=O) groups is 1. The molecule has 1 aliphatic carbocycles. The highest BCUT2D eigenvalue weighted by Gasteiger charge is 2.64. The number of aliphatic hydroxyl groups is 1. The summed E-state index contributed by atoms with van der Waals surface area (Å²) in [5.41, 5.74) is 3.65. The Morgan fingerprint density at radius 3 is 2.65 bits per heavy atom. The molecule has 2 aromatic carbocycles. The molecule has 0 aromatic heterocycles. The molecule has 4 rings (SSSR count). The number of aliphatic hydroxyl groups excluding tert-OH is 1. The van der Waals surface area contributed by atoms with Gasteiger partial charge in [0.05, 0.1) is 28.9 Å². The van der Waals surface area contributed by atoms with Crippen LogP contribution < -0.4 is 10.1 Å². The van der Waals surface area contributed by atoms with E-state index < -0.39 is 18.0 Å². The number of hydrogen-bond acceptors (Lipinski definition) is 5. The first-order chi connectivity index (χ1) is 16.0. The topological polar surface area (TPSA) is 88.0 Å². The number of halogens is 2. The Morgan fingerprint density at radius 1 is 1.24 bits per heavy atom. The lowest BCUT2D eigenvalue weighted by molar-refractivity contribution is -0.139. The molecule has 3 N–H and O–H groups in total. The van der Waals surface area contributed by atoms with Gasteiger partial charge in [-0.15, -0.1) is 0 Å². The maximum Gasteiger partial charge on any atom is 0.311 e. The number of β-amino-alcohol motifs (C(OH)–C–C–N with tert-alkyl or cyclic N) is 1. The van der Waals surface area contributed by atoms with E-state index in [0.717, 1.165) is 34.4 Å². The largest absolute Gasteiger partial charge is 0.488 e. The molecule has 1 saturated carbocycles. The Labute approximate surface area is 210 Å². The Hall–Kier alpha value is -1.83. The lowest BCUT2D eigenvalue weighted by Gasteiger charge is -2.28. The zero-order chi connectivity index (χ0) is 24.8. The molecular formula is C26H31Cl2NO5. The lowest BCUT2D eigenvalue weighted by atomic mass is 9.94. The third kappa shape index (κ3) is 5.21. The summed E-state index contributed by atoms with van der Waals surface area (Å²) in [5.74, 6) is -0.659. The van der Waals surface area contributed by atoms with Gasteiger partial charge in [-0.05, 0) is 62.9 Å². The second-order valence-corrected chi connectivity index (χ2v) is 10.8. The number of aliphatic carboxylic acids is 1. The average molecular weight is 508 g/mol. The summed E-state index contributed by atoms with van der Waals surface area (Å²) in [4.78, 5) is 11.5. The number of ether oxygens (including phenoxy) is 2. The fourth-order valence-electron chi connectivity index (χ4n) is 4.80. The molecule has 0 radical (unpaired) electrons. The number of rotatable bonds is 10. The molecule has 0 saturated heterocycles. The second kappa shape index (κ2) is 9.67. The van der Waals surface area contributed by atoms with Crippen molar-refractivity contribution < 1.29 is 24.5 Å². The van der Waals surface area contributed by atoms with E-state index in [-0.39, 0.29) is 30.3 Å². The average Bonchev–Trinajstić information content (AvgIpc) is 3.35. The maximum absolute atomic E-state index is 11.5. The van der Waals surface area contributed by atoms with Gasteiger partial charge in [0.15, 0.2) is 0 Å². The van der Waals surface area contributed by atoms with Gasteiger partial charge in [-0.1, -0.05) is 41.4 Å². The van der Waals surface area contributed by atoms with E-state index in [9.17, 15) is 15.0 Å². The first kappa shape index (κ1) is 25.3. The minimum Gasteiger partial charge on any atom is -0.488 e. The van der Waals surface area contributed by atoms with Gasteiger partial charge in [-0.25, -0.2) is 0 Å². The Bertz CT molecular complexity index is 1090. The summed E-state index contributed by atoms with van der Waals surface area (Å²) in [7, 11) is 0. The third-order valence-corrected chi connectivity index (χ3v) is 7.41. The number of carboxylic acids is 1. The van der Waals surface area contributed by atoms with Gasteiger partial charge in [0.1, 0.15) is 17.8 Å². The van der Waals surface area contributed by atoms with Crippen LogP contribution in [0.15, 0.2) is 30.3 Å². The van der Waals surface area contributed by atoms with Gasteiger partial charge in [-0.3, -0.25) is 4.79 Å². The van der Waals surface area contributed by atoms with Crippen molar-refractivity contribution in [3.63, 3.8) is 0 Å². The predicted octanol–water partition coefficient (Wildman–Crippen LogP) is 4.91. The summed E-state index contributed by atoms with van der Waals surface area (Å²) in [5, 5.41) is 24.4. The van der Waals surface area contributed by atoms with E-state index in [2.05, 4.69) is 19.2 Å². The Kier molecular flexibility index (Phi) is 7.19. The summed E-state index contributed by atoms with van der Waals surface area (Å²) in [6.07, 6.45) is -0.570. The molecule has 1 aliphatic heterocycles. The molecule has 6 nitrogen and oxygen atoms in total. The van der Waals surface area contributed by atoms with Crippen LogP contribution in [-0.2, 0) is 16.0 Å². The number of aryl methyl sites for hydroxylation is 1. The molecule has 34 heavy (non-hydrogen) atoms. The van der Waals surface area contributed by atoms with Crippen LogP contribution >= 0.6 is 23.2 Å². The van der Waals surface area contributed by atoms with Crippen LogP contribution in [-0.4, -0.2) is 47.1 Å². The summed E-state index contributed by atoms with van der Waals surface area (Å²) >= 11 is 12.1. The molecule has 1 fully saturated rings. The monoisotopic (exact) mass is 507 g/mol. The minimum atomic E-state index is -0.827. The van der Waals surface area contributed by atoms with Gasteiger partial charge in [0.25, 0.3) is 0 Å². The summed E-state index contributed by atoms with van der Waals surface area (Å²) < 4.78 is 11.9. The van der Waals surface area contributed by atoms with Crippen molar-refractivity contribution in [1.29, 1.82) is 0 Å². The molecule has 1 heterocycles. The van der Waals surface area contributed by atoms with Gasteiger partial charge >= 0.3 is 5.97 Å². The first-order valence-corrected chi connectivity index (χ1v) is 12.3. The van der Waals surface area contributed by atoms with Crippen molar-refractivity contribution >= 4 is 29.2 Å². The molecule has 0 spiro atoms. The molecule has 0 amide bonds. The van der Waals surface area contributed by atoms with Crippen molar-refractivity contribution in [2.75, 3.05) is 13.2 Å². The fraction of sp³-hybridized carbons (Fsp3) is 0.500. The van der Waals surface area contributed by atoms with Gasteiger partial charge in [0, 0.05) is 23.6 Å². The predicted molar refractivity (Wildman–Crippen MR) is 132 cm³/mol. The number of carboxylic acid groups (broad SMARTS) is 1. The molecule has 2 aliphatic rings. The molecule has 0 bridgehead atoms. The zero-order valence-corrected chi connectivity index (χ0v) is 21.3. The van der Waals surface area contributed by atoms with Crippen LogP contribution in [0.5, 0.6) is 5.75 Å². The van der Waals surface area contributed by atoms with E-state index >= 15 is 0 Å². The highest BCUT2D eigenvalue weighted by atomic mass is 35.5. The Morgan fingerprint density at radius 2 is 1.97 bits per heavy atom. The Balaban J connectivity index is 1.32. The zero-order valence-electron chi connectivity index (χ0n) is 19.8. The van der Waals surface area contributed by atoms with E-state index in [1.165, 1.54) is 0 Å². The van der Waals surface area contributed by atoms with Crippen LogP contribution in [0.25, 0.3) is 0 Å². The molecule has 2 aromatic rings. The SMILES string of the molecule is Cc1ccc([C@@H](C)OCC(O)CNC(C)(C)Cc2ccc(Cl)c(Cl)c2)c2c1O[C@@H]1[C@@H](C(=O)O)[C@H]21. The van der Waals surface area contributed by atoms with Crippen LogP contribution in [0, 0.1) is 12.8 Å². The number of nitrogens with one attached hydrogen (secondary N) is 1. The van der Waals surface area contributed by atoms with Crippen LogP contribution in [0.3, 0.4) is 0 Å². The smallest absolute Gasteiger partial charge is 0.311 e. The third-order valence-electron chi connectivity index (χ3n) is 6.68. The first-order valence-electron chi connectivity index (χ1n) is 11.5. The second-order valence-electron chi connectivity index (χ2n) is 10.0. The standard InChI is InChI=1S/C26H31Cl2NO5/c1-13-5-7-17(20-21-22(25(31)32)24(21)34-23(13)20)14(2)33-12-16(30)11-29-26(3,4)10-15-6-8-18(27)19(28)9-15/h5-9,14,16,21-22,24,29-30H,10-12H2,1-4H3,(H,31,32)/t14-,16?,21+,22+,24+/m1/s1. The van der Waals surface area contributed by atoms with Crippen molar-refractivity contribution in [2.24, 2.45) is 5.92 Å². The van der Waals surface area contributed by atoms with Gasteiger partial charge in [0.2, 0.25) is 0 Å². The summed E-state index contributed by atoms with van der Waals surface area (Å²) in [6, 6.07) is 9.54. The van der Waals surface area contributed by atoms with Gasteiger partial charge < -0.3 is 25.0 Å². The highest BCUT2D eigenvalue weighted by molar-refractivity contribution is 6.42. The van der Waals surface area contributed by atoms with Crippen molar-refractivity contribution in [3.05, 3.63) is 62.6 Å². The van der Waals surface area contributed by atoms with Crippen LogP contribution in [0.1, 0.15) is 55.0 Å². The van der Waals surface area contributed by atoms with Crippen LogP contribution in [0.2, 0.25) is 10.0 Å². The number of benzene rings is 2. The molecule has 1 unspecified atom stereocenters. The van der Waals surface area contributed by atoms with Crippen LogP contribution in [0.4, 0.5) is 0 Å². The quantitative estimate of drug-likeness (QED) is 0.423. The fourth-order valence-corrected chi connectivity index (χ4v) is 5.12. The lowest BCUT2D eigenvalue weighted by Crippen LogP contribution is -2.46. The minimum absolute atomic E-state index is 0.123. The number of hydrogen-bond donors (Lipinski definition) is 3. The molecular weight excluding hydrogens is 477 g/mol. The van der Waals surface area contributed by atoms with Crippen molar-refractivity contribution in [2.45, 2.75) is 63.9 Å². The van der Waals surface area contributed by atoms with E-state index in [1.807, 2.05) is 38.1 Å². The highest BCUT2D eigenvalue weighted by Crippen LogP contribution is 2.61. The van der Waals surface area contributed by atoms with E-state index in [4.69, 9.17) is 32.7 Å². The van der Waals surface area contributed by atoms with Crippen molar-refractivity contribution in [1.82, 2.24) is 5.32 Å². The maximum atomic E-state index is 11.5. The summed E-state index contributed by atoms with van der Waals surface area (Å²) in [6.45, 7) is 8.52. The number of fused-ring (bicyclic) bond motifs is 3. The van der Waals surface area contributed by atoms with Crippen molar-refractivity contribution in [3.8, 4) is 5.75 Å². The molecule has 5 atom stereocenters. The van der Waals surface area contributed by atoms with E-state index in [1.54, 1.807) is 6.07 Å². The van der Waals surface area contributed by atoms with Gasteiger partial charge in [-0.2, -0.15) is 0 Å². The molecule has 8 heteroatoms. The van der Waals surface area contributed by atoms with E-state index in [0.29, 0.717) is 16.6 Å². The normalized spacial score (nSPS) is 22.5.